The van der Waals surface area contributed by atoms with E-state index < -0.39 is 0 Å². The molecule has 1 aromatic carbocycles. The normalized spacial score (nSPS) is 11.8. The van der Waals surface area contributed by atoms with Crippen LogP contribution in [0.1, 0.15) is 27.2 Å². The summed E-state index contributed by atoms with van der Waals surface area (Å²) in [7, 11) is 1.62. The van der Waals surface area contributed by atoms with Gasteiger partial charge in [-0.2, -0.15) is 0 Å². The average Bonchev–Trinajstić information content (AvgIpc) is 2.62. The third-order valence-electron chi connectivity index (χ3n) is 3.25. The number of carbonyl (C=O) groups excluding carboxylic acids is 1. The van der Waals surface area contributed by atoms with Crippen LogP contribution >= 0.6 is 24.0 Å². The molecule has 7 nitrogen and oxygen atoms in total. The van der Waals surface area contributed by atoms with E-state index in [-0.39, 0.29) is 42.5 Å². The first kappa shape index (κ1) is 24.3. The highest BCUT2D eigenvalue weighted by atomic mass is 127. The van der Waals surface area contributed by atoms with Gasteiger partial charge >= 0.3 is 0 Å². The number of amides is 1. The number of hydrogen-bond donors (Lipinski definition) is 3. The summed E-state index contributed by atoms with van der Waals surface area (Å²) in [6, 6.07) is 7.52. The highest BCUT2D eigenvalue weighted by Crippen LogP contribution is 2.26. The molecule has 3 N–H and O–H groups in total. The Morgan fingerprint density at radius 1 is 1.15 bits per heavy atom. The quantitative estimate of drug-likeness (QED) is 0.273. The van der Waals surface area contributed by atoms with Crippen molar-refractivity contribution in [3.63, 3.8) is 0 Å². The number of nitrogens with one attached hydrogen (secondary N) is 3. The van der Waals surface area contributed by atoms with Gasteiger partial charge in [0.05, 0.1) is 13.7 Å². The molecule has 0 saturated heterocycles. The lowest BCUT2D eigenvalue weighted by atomic mass is 10.3. The van der Waals surface area contributed by atoms with Crippen LogP contribution in [-0.2, 0) is 4.79 Å². The topological polar surface area (TPSA) is 84.0 Å². The molecule has 1 atom stereocenters. The number of hydrogen-bond acceptors (Lipinski definition) is 4. The van der Waals surface area contributed by atoms with Crippen LogP contribution in [0.25, 0.3) is 0 Å². The van der Waals surface area contributed by atoms with Gasteiger partial charge in [0.1, 0.15) is 12.6 Å². The second-order valence-electron chi connectivity index (χ2n) is 5.51. The van der Waals surface area contributed by atoms with Gasteiger partial charge in [0.25, 0.3) is 0 Å². The summed E-state index contributed by atoms with van der Waals surface area (Å²) in [5, 5.41) is 9.10. The fourth-order valence-corrected chi connectivity index (χ4v) is 2.03. The lowest BCUT2D eigenvalue weighted by molar-refractivity contribution is -0.119. The fraction of sp³-hybridized carbons (Fsp3) is 0.556. The molecule has 8 heteroatoms. The van der Waals surface area contributed by atoms with Crippen molar-refractivity contribution >= 4 is 35.8 Å². The number of methoxy groups -OCH3 is 1. The van der Waals surface area contributed by atoms with E-state index in [1.54, 1.807) is 7.11 Å². The van der Waals surface area contributed by atoms with Gasteiger partial charge in [-0.25, -0.2) is 4.99 Å². The van der Waals surface area contributed by atoms with Crippen molar-refractivity contribution in [1.82, 2.24) is 16.0 Å². The molecule has 1 rings (SSSR count). The van der Waals surface area contributed by atoms with E-state index in [1.807, 2.05) is 45.0 Å². The van der Waals surface area contributed by atoms with Crippen molar-refractivity contribution in [2.75, 3.05) is 33.3 Å². The van der Waals surface area contributed by atoms with Crippen molar-refractivity contribution in [3.8, 4) is 11.5 Å². The van der Waals surface area contributed by atoms with Crippen LogP contribution in [0.2, 0.25) is 0 Å². The summed E-state index contributed by atoms with van der Waals surface area (Å²) in [5.41, 5.74) is 0. The first-order chi connectivity index (χ1) is 12.1. The zero-order valence-electron chi connectivity index (χ0n) is 16.0. The maximum atomic E-state index is 11.6. The monoisotopic (exact) mass is 478 g/mol. The zero-order valence-corrected chi connectivity index (χ0v) is 18.3. The maximum absolute atomic E-state index is 11.6. The third-order valence-corrected chi connectivity index (χ3v) is 3.25. The van der Waals surface area contributed by atoms with E-state index in [1.165, 1.54) is 0 Å². The Kier molecular flexibility index (Phi) is 13.5. The standard InChI is InChI=1S/C18H30N4O3.HI/c1-5-11-20-17(23)13-22-18(19-6-2)21-12-14(3)25-16-10-8-7-9-15(16)24-4;/h7-10,14H,5-6,11-13H2,1-4H3,(H,20,23)(H2,19,21,22);1H. The lowest BCUT2D eigenvalue weighted by Gasteiger charge is -2.19. The summed E-state index contributed by atoms with van der Waals surface area (Å²) in [6.07, 6.45) is 0.806. The number of carbonyl (C=O) groups is 1. The van der Waals surface area contributed by atoms with Gasteiger partial charge in [0.2, 0.25) is 5.91 Å². The van der Waals surface area contributed by atoms with Crippen LogP contribution in [0.4, 0.5) is 0 Å². The Hall–Kier alpha value is -1.71. The van der Waals surface area contributed by atoms with Crippen LogP contribution in [0.3, 0.4) is 0 Å². The minimum Gasteiger partial charge on any atom is -0.493 e. The molecule has 0 bridgehead atoms. The van der Waals surface area contributed by atoms with Crippen molar-refractivity contribution in [2.24, 2.45) is 4.99 Å². The predicted molar refractivity (Wildman–Crippen MR) is 116 cm³/mol. The molecule has 0 radical (unpaired) electrons. The molecule has 0 heterocycles. The van der Waals surface area contributed by atoms with Crippen molar-refractivity contribution < 1.29 is 14.3 Å². The first-order valence-corrected chi connectivity index (χ1v) is 8.69. The second kappa shape index (κ2) is 14.5. The molecule has 1 aromatic rings. The molecule has 1 amide bonds. The molecule has 0 aromatic heterocycles. The minimum atomic E-state index is -0.103. The van der Waals surface area contributed by atoms with Crippen molar-refractivity contribution in [1.29, 1.82) is 0 Å². The Morgan fingerprint density at radius 2 is 1.85 bits per heavy atom. The number of guanidine groups is 1. The van der Waals surface area contributed by atoms with Crippen LogP contribution < -0.4 is 25.4 Å². The van der Waals surface area contributed by atoms with E-state index in [0.717, 1.165) is 6.42 Å². The van der Waals surface area contributed by atoms with Crippen LogP contribution in [0.15, 0.2) is 29.3 Å². The number of halogens is 1. The Balaban J connectivity index is 0.00000625. The molecule has 0 aliphatic heterocycles. The van der Waals surface area contributed by atoms with E-state index in [4.69, 9.17) is 9.47 Å². The Morgan fingerprint density at radius 3 is 2.46 bits per heavy atom. The Bertz CT molecular complexity index is 555. The van der Waals surface area contributed by atoms with Gasteiger partial charge < -0.3 is 25.4 Å². The molecule has 26 heavy (non-hydrogen) atoms. The molecule has 1 unspecified atom stereocenters. The molecule has 0 fully saturated rings. The van der Waals surface area contributed by atoms with Gasteiger partial charge in [-0.1, -0.05) is 19.1 Å². The lowest BCUT2D eigenvalue weighted by Crippen LogP contribution is -2.42. The van der Waals surface area contributed by atoms with E-state index in [0.29, 0.717) is 37.1 Å². The van der Waals surface area contributed by atoms with Gasteiger partial charge in [-0.3, -0.25) is 4.79 Å². The number of ether oxygens (including phenoxy) is 2. The average molecular weight is 478 g/mol. The van der Waals surface area contributed by atoms with Gasteiger partial charge in [0, 0.05) is 13.1 Å². The number of rotatable bonds is 10. The highest BCUT2D eigenvalue weighted by Gasteiger charge is 2.09. The Labute approximate surface area is 173 Å². The van der Waals surface area contributed by atoms with Gasteiger partial charge in [-0.15, -0.1) is 24.0 Å². The zero-order chi connectivity index (χ0) is 18.5. The predicted octanol–water partition coefficient (Wildman–Crippen LogP) is 2.16. The van der Waals surface area contributed by atoms with Gasteiger partial charge in [-0.05, 0) is 32.4 Å². The molecular weight excluding hydrogens is 447 g/mol. The van der Waals surface area contributed by atoms with E-state index >= 15 is 0 Å². The number of benzene rings is 1. The molecule has 0 saturated carbocycles. The summed E-state index contributed by atoms with van der Waals surface area (Å²) in [5.74, 6) is 1.89. The largest absolute Gasteiger partial charge is 0.493 e. The summed E-state index contributed by atoms with van der Waals surface area (Å²) < 4.78 is 11.2. The summed E-state index contributed by atoms with van der Waals surface area (Å²) in [6.45, 7) is 7.96. The van der Waals surface area contributed by atoms with E-state index in [2.05, 4.69) is 20.9 Å². The van der Waals surface area contributed by atoms with Crippen LogP contribution in [0, 0.1) is 0 Å². The third kappa shape index (κ3) is 9.69. The number of para-hydroxylation sites is 2. The van der Waals surface area contributed by atoms with Crippen molar-refractivity contribution in [2.45, 2.75) is 33.3 Å². The van der Waals surface area contributed by atoms with Crippen molar-refractivity contribution in [3.05, 3.63) is 24.3 Å². The molecule has 0 aliphatic rings. The molecule has 0 spiro atoms. The second-order valence-corrected chi connectivity index (χ2v) is 5.51. The SMILES string of the molecule is CCCNC(=O)CN=C(NCC)NCC(C)Oc1ccccc1OC.I. The van der Waals surface area contributed by atoms with E-state index in [9.17, 15) is 4.79 Å². The van der Waals surface area contributed by atoms with Crippen LogP contribution in [0.5, 0.6) is 11.5 Å². The number of nitrogens with zero attached hydrogens (tertiary/aromatic N) is 1. The van der Waals surface area contributed by atoms with Crippen LogP contribution in [-0.4, -0.2) is 51.3 Å². The minimum absolute atomic E-state index is 0. The smallest absolute Gasteiger partial charge is 0.241 e. The maximum Gasteiger partial charge on any atom is 0.241 e. The summed E-state index contributed by atoms with van der Waals surface area (Å²) in [4.78, 5) is 15.9. The van der Waals surface area contributed by atoms with Gasteiger partial charge in [0.15, 0.2) is 17.5 Å². The fourth-order valence-electron chi connectivity index (χ4n) is 2.03. The molecule has 148 valence electrons. The summed E-state index contributed by atoms with van der Waals surface area (Å²) >= 11 is 0. The molecular formula is C18H31IN4O3. The molecule has 0 aliphatic carbocycles. The number of aliphatic imine (C=N–C) groups is 1. The highest BCUT2D eigenvalue weighted by molar-refractivity contribution is 14.0. The first-order valence-electron chi connectivity index (χ1n) is 8.69.